The standard InChI is InChI=1S/C24H17NS.2C6H5.Sn/c1-4-11-20(12-5-1)25(21-13-6-2-7-14-21)22-15-10-18-24(19-22)26-23-16-8-3-9-17-23;2*1-2-4-6-5-3-1;/h1-16,19H;2*1-5H;. The summed E-state index contributed by atoms with van der Waals surface area (Å²) in [5.74, 6) is 0. The van der Waals surface area contributed by atoms with Gasteiger partial charge in [-0.2, -0.15) is 0 Å². The Labute approximate surface area is 238 Å². The van der Waals surface area contributed by atoms with Crippen molar-refractivity contribution in [1.82, 2.24) is 0 Å². The molecule has 1 nitrogen and oxygen atoms in total. The fourth-order valence-corrected chi connectivity index (χ4v) is 23.6. The SMILES string of the molecule is c1ccc(N(c2ccccc2)c2cc[c]3c(c2)Sc2cccc[c]2[Sn]3([c]2ccccc2)[c]2ccccc2)cc1. The molecule has 39 heavy (non-hydrogen) atoms. The van der Waals surface area contributed by atoms with Crippen molar-refractivity contribution < 1.29 is 0 Å². The number of benzene rings is 6. The van der Waals surface area contributed by atoms with Crippen LogP contribution in [0.15, 0.2) is 174 Å². The van der Waals surface area contributed by atoms with Crippen LogP contribution in [0.4, 0.5) is 17.1 Å². The molecule has 1 aliphatic heterocycles. The van der Waals surface area contributed by atoms with Crippen LogP contribution >= 0.6 is 11.8 Å². The molecule has 0 aliphatic carbocycles. The van der Waals surface area contributed by atoms with Crippen LogP contribution in [0.5, 0.6) is 0 Å². The van der Waals surface area contributed by atoms with Gasteiger partial charge in [-0.1, -0.05) is 0 Å². The van der Waals surface area contributed by atoms with E-state index in [0.717, 1.165) is 11.4 Å². The number of rotatable bonds is 5. The van der Waals surface area contributed by atoms with E-state index in [2.05, 4.69) is 169 Å². The van der Waals surface area contributed by atoms with E-state index >= 15 is 0 Å². The zero-order chi connectivity index (χ0) is 26.1. The summed E-state index contributed by atoms with van der Waals surface area (Å²) in [6.07, 6.45) is 0. The fourth-order valence-electron chi connectivity index (χ4n) is 5.94. The van der Waals surface area contributed by atoms with E-state index in [9.17, 15) is 0 Å². The maximum absolute atomic E-state index is 3.62. The van der Waals surface area contributed by atoms with Gasteiger partial charge in [0.05, 0.1) is 0 Å². The van der Waals surface area contributed by atoms with Gasteiger partial charge in [-0.15, -0.1) is 0 Å². The quantitative estimate of drug-likeness (QED) is 0.190. The van der Waals surface area contributed by atoms with Gasteiger partial charge in [0.15, 0.2) is 0 Å². The fraction of sp³-hybridized carbons (Fsp3) is 0. The van der Waals surface area contributed by atoms with E-state index in [1.54, 1.807) is 0 Å². The summed E-state index contributed by atoms with van der Waals surface area (Å²) in [5.41, 5.74) is 3.50. The van der Waals surface area contributed by atoms with Gasteiger partial charge in [-0.25, -0.2) is 0 Å². The summed E-state index contributed by atoms with van der Waals surface area (Å²) >= 11 is -1.69. The Morgan fingerprint density at radius 1 is 0.385 bits per heavy atom. The molecule has 186 valence electrons. The van der Waals surface area contributed by atoms with Gasteiger partial charge in [0.1, 0.15) is 0 Å². The Kier molecular flexibility index (Phi) is 6.51. The zero-order valence-electron chi connectivity index (χ0n) is 21.4. The van der Waals surface area contributed by atoms with Crippen LogP contribution < -0.4 is 19.2 Å². The third-order valence-electron chi connectivity index (χ3n) is 7.58. The van der Waals surface area contributed by atoms with E-state index in [0.29, 0.717) is 0 Å². The van der Waals surface area contributed by atoms with Gasteiger partial charge < -0.3 is 0 Å². The van der Waals surface area contributed by atoms with Crippen LogP contribution in [0.25, 0.3) is 0 Å². The summed E-state index contributed by atoms with van der Waals surface area (Å²) < 4.78 is 6.04. The van der Waals surface area contributed by atoms with Crippen molar-refractivity contribution in [2.24, 2.45) is 0 Å². The van der Waals surface area contributed by atoms with Gasteiger partial charge >= 0.3 is 240 Å². The molecule has 0 saturated carbocycles. The molecular formula is C36H27NSSn. The minimum atomic E-state index is -3.62. The number of para-hydroxylation sites is 2. The number of fused-ring (bicyclic) bond motifs is 2. The molecule has 1 aliphatic rings. The number of hydrogen-bond acceptors (Lipinski definition) is 2. The van der Waals surface area contributed by atoms with Crippen molar-refractivity contribution in [2.45, 2.75) is 9.79 Å². The summed E-state index contributed by atoms with van der Waals surface area (Å²) in [5, 5.41) is 0. The Balaban J connectivity index is 1.51. The summed E-state index contributed by atoms with van der Waals surface area (Å²) in [7, 11) is 0. The molecule has 0 fully saturated rings. The second-order valence-corrected chi connectivity index (χ2v) is 21.5. The van der Waals surface area contributed by atoms with Crippen LogP contribution in [0.2, 0.25) is 0 Å². The first-order valence-electron chi connectivity index (χ1n) is 13.3. The Morgan fingerprint density at radius 2 is 0.846 bits per heavy atom. The van der Waals surface area contributed by atoms with Crippen molar-refractivity contribution in [2.75, 3.05) is 4.90 Å². The van der Waals surface area contributed by atoms with Crippen molar-refractivity contribution in [1.29, 1.82) is 0 Å². The van der Waals surface area contributed by atoms with Crippen LogP contribution in [0, 0.1) is 0 Å². The van der Waals surface area contributed by atoms with Crippen molar-refractivity contribution in [3.8, 4) is 0 Å². The van der Waals surface area contributed by atoms with Gasteiger partial charge in [0.2, 0.25) is 0 Å². The predicted octanol–water partition coefficient (Wildman–Crippen LogP) is 7.00. The van der Waals surface area contributed by atoms with Gasteiger partial charge in [0.25, 0.3) is 0 Å². The number of nitrogens with zero attached hydrogens (tertiary/aromatic N) is 1. The second kappa shape index (κ2) is 10.4. The summed E-state index contributed by atoms with van der Waals surface area (Å²) in [6, 6.07) is 60.3. The van der Waals surface area contributed by atoms with Crippen LogP contribution in [0.3, 0.4) is 0 Å². The van der Waals surface area contributed by atoms with E-state index in [1.807, 2.05) is 11.8 Å². The molecule has 1 heterocycles. The average Bonchev–Trinajstić information content (AvgIpc) is 3.02. The van der Waals surface area contributed by atoms with Crippen molar-refractivity contribution in [3.63, 3.8) is 0 Å². The summed E-state index contributed by atoms with van der Waals surface area (Å²) in [4.78, 5) is 5.12. The zero-order valence-corrected chi connectivity index (χ0v) is 25.1. The number of anilines is 3. The monoisotopic (exact) mass is 625 g/mol. The average molecular weight is 624 g/mol. The van der Waals surface area contributed by atoms with Gasteiger partial charge in [0, 0.05) is 0 Å². The minimum absolute atomic E-state index is 1.16. The first kappa shape index (κ1) is 24.3. The Bertz CT molecular complexity index is 1640. The van der Waals surface area contributed by atoms with E-state index in [1.165, 1.54) is 29.8 Å². The van der Waals surface area contributed by atoms with E-state index < -0.39 is 18.4 Å². The summed E-state index contributed by atoms with van der Waals surface area (Å²) in [6.45, 7) is 0. The number of hydrogen-bond donors (Lipinski definition) is 0. The molecule has 3 heteroatoms. The molecule has 7 rings (SSSR count). The molecule has 0 aromatic heterocycles. The second-order valence-electron chi connectivity index (χ2n) is 9.77. The molecular weight excluding hydrogens is 597 g/mol. The van der Waals surface area contributed by atoms with E-state index in [4.69, 9.17) is 0 Å². The van der Waals surface area contributed by atoms with Gasteiger partial charge in [-0.3, -0.25) is 0 Å². The molecule has 0 atom stereocenters. The molecule has 0 unspecified atom stereocenters. The maximum atomic E-state index is 2.45. The van der Waals surface area contributed by atoms with Crippen LogP contribution in [0.1, 0.15) is 0 Å². The third-order valence-corrected chi connectivity index (χ3v) is 23.7. The first-order chi connectivity index (χ1) is 19.4. The Morgan fingerprint density at radius 3 is 1.41 bits per heavy atom. The molecule has 6 aromatic carbocycles. The van der Waals surface area contributed by atoms with Crippen molar-refractivity contribution in [3.05, 3.63) is 164 Å². The molecule has 0 saturated heterocycles. The molecule has 0 radical (unpaired) electrons. The molecule has 6 aromatic rings. The van der Waals surface area contributed by atoms with Crippen molar-refractivity contribution >= 4 is 61.5 Å². The normalized spacial score (nSPS) is 13.2. The predicted molar refractivity (Wildman–Crippen MR) is 169 cm³/mol. The van der Waals surface area contributed by atoms with E-state index in [-0.39, 0.29) is 0 Å². The third kappa shape index (κ3) is 4.19. The molecule has 0 N–H and O–H groups in total. The molecule has 0 spiro atoms. The van der Waals surface area contributed by atoms with Gasteiger partial charge in [-0.05, 0) is 0 Å². The molecule has 0 bridgehead atoms. The first-order valence-corrected chi connectivity index (χ1v) is 19.8. The molecule has 0 amide bonds. The Hall–Kier alpha value is -3.73. The van der Waals surface area contributed by atoms with Crippen LogP contribution in [-0.4, -0.2) is 18.4 Å². The van der Waals surface area contributed by atoms with Crippen LogP contribution in [-0.2, 0) is 0 Å². The topological polar surface area (TPSA) is 3.24 Å².